The van der Waals surface area contributed by atoms with Crippen LogP contribution in [0.4, 0.5) is 0 Å². The minimum atomic E-state index is -0.607. The van der Waals surface area contributed by atoms with Gasteiger partial charge in [-0.05, 0) is 44.2 Å². The lowest BCUT2D eigenvalue weighted by Gasteiger charge is -2.27. The van der Waals surface area contributed by atoms with Gasteiger partial charge >= 0.3 is 0 Å². The zero-order valence-corrected chi connectivity index (χ0v) is 11.6. The summed E-state index contributed by atoms with van der Waals surface area (Å²) in [6, 6.07) is 0. The number of nitrogens with two attached hydrogens (primary N) is 1. The average molecular weight is 230 g/mol. The molecular formula is C13H30N2O. The molecule has 3 nitrogen and oxygen atoms in total. The van der Waals surface area contributed by atoms with Crippen LogP contribution in [0.15, 0.2) is 0 Å². The summed E-state index contributed by atoms with van der Waals surface area (Å²) in [6.07, 6.45) is 0.828. The smallest absolute Gasteiger partial charge is 0.0746 e. The second-order valence-electron chi connectivity index (χ2n) is 5.97. The van der Waals surface area contributed by atoms with Crippen molar-refractivity contribution in [3.63, 3.8) is 0 Å². The normalized spacial score (nSPS) is 17.8. The molecule has 0 fully saturated rings. The van der Waals surface area contributed by atoms with Crippen molar-refractivity contribution in [3.8, 4) is 0 Å². The summed E-state index contributed by atoms with van der Waals surface area (Å²) >= 11 is 0. The van der Waals surface area contributed by atoms with Crippen LogP contribution in [0.25, 0.3) is 0 Å². The van der Waals surface area contributed by atoms with E-state index in [-0.39, 0.29) is 0 Å². The van der Waals surface area contributed by atoms with Crippen LogP contribution in [0.3, 0.4) is 0 Å². The maximum absolute atomic E-state index is 10.1. The van der Waals surface area contributed by atoms with Gasteiger partial charge in [-0.2, -0.15) is 0 Å². The Bertz CT molecular complexity index is 179. The van der Waals surface area contributed by atoms with Gasteiger partial charge in [0.05, 0.1) is 5.60 Å². The highest BCUT2D eigenvalue weighted by molar-refractivity contribution is 4.78. The van der Waals surface area contributed by atoms with E-state index in [2.05, 4.69) is 33.0 Å². The van der Waals surface area contributed by atoms with Crippen molar-refractivity contribution in [3.05, 3.63) is 0 Å². The van der Waals surface area contributed by atoms with E-state index in [9.17, 15) is 5.11 Å². The van der Waals surface area contributed by atoms with E-state index < -0.39 is 5.60 Å². The SMILES string of the molecule is CC(C)CC(C)(O)CNCC(CN)C(C)C. The Morgan fingerprint density at radius 1 is 1.25 bits per heavy atom. The lowest BCUT2D eigenvalue weighted by atomic mass is 9.93. The zero-order valence-electron chi connectivity index (χ0n) is 11.6. The predicted octanol–water partition coefficient (Wildman–Crippen LogP) is 1.60. The standard InChI is InChI=1S/C13H30N2O/c1-10(2)6-13(5,16)9-15-8-12(7-14)11(3)4/h10-12,15-16H,6-9,14H2,1-5H3. The van der Waals surface area contributed by atoms with Crippen molar-refractivity contribution >= 4 is 0 Å². The summed E-state index contributed by atoms with van der Waals surface area (Å²) < 4.78 is 0. The first-order chi connectivity index (χ1) is 7.28. The average Bonchev–Trinajstić information content (AvgIpc) is 2.09. The summed E-state index contributed by atoms with van der Waals surface area (Å²) in [5.41, 5.74) is 5.09. The van der Waals surface area contributed by atoms with Gasteiger partial charge in [0.25, 0.3) is 0 Å². The van der Waals surface area contributed by atoms with Gasteiger partial charge in [-0.25, -0.2) is 0 Å². The molecule has 0 aromatic carbocycles. The lowest BCUT2D eigenvalue weighted by Crippen LogP contribution is -2.42. The molecule has 0 spiro atoms. The molecular weight excluding hydrogens is 200 g/mol. The molecule has 98 valence electrons. The molecule has 2 atom stereocenters. The van der Waals surface area contributed by atoms with Gasteiger partial charge in [0.2, 0.25) is 0 Å². The van der Waals surface area contributed by atoms with E-state index in [1.807, 2.05) is 6.92 Å². The van der Waals surface area contributed by atoms with E-state index in [1.54, 1.807) is 0 Å². The number of hydrogen-bond donors (Lipinski definition) is 3. The Morgan fingerprint density at radius 3 is 2.19 bits per heavy atom. The molecule has 4 N–H and O–H groups in total. The van der Waals surface area contributed by atoms with Crippen LogP contribution in [0.5, 0.6) is 0 Å². The molecule has 0 aliphatic rings. The quantitative estimate of drug-likeness (QED) is 0.594. The molecule has 0 aromatic rings. The Kier molecular flexibility index (Phi) is 7.20. The molecule has 0 amide bonds. The van der Waals surface area contributed by atoms with Crippen LogP contribution in [0, 0.1) is 17.8 Å². The first-order valence-corrected chi connectivity index (χ1v) is 6.41. The van der Waals surface area contributed by atoms with Crippen molar-refractivity contribution < 1.29 is 5.11 Å². The summed E-state index contributed by atoms with van der Waals surface area (Å²) in [6.45, 7) is 12.8. The van der Waals surface area contributed by atoms with Crippen molar-refractivity contribution in [1.82, 2.24) is 5.32 Å². The maximum Gasteiger partial charge on any atom is 0.0746 e. The fourth-order valence-corrected chi connectivity index (χ4v) is 2.07. The molecule has 2 unspecified atom stereocenters. The number of rotatable bonds is 8. The third kappa shape index (κ3) is 7.20. The van der Waals surface area contributed by atoms with E-state index in [1.165, 1.54) is 0 Å². The van der Waals surface area contributed by atoms with E-state index in [0.717, 1.165) is 13.0 Å². The summed E-state index contributed by atoms with van der Waals surface area (Å²) in [4.78, 5) is 0. The number of aliphatic hydroxyl groups is 1. The van der Waals surface area contributed by atoms with Gasteiger partial charge in [-0.1, -0.05) is 27.7 Å². The first-order valence-electron chi connectivity index (χ1n) is 6.41. The monoisotopic (exact) mass is 230 g/mol. The second kappa shape index (κ2) is 7.25. The summed E-state index contributed by atoms with van der Waals surface area (Å²) in [7, 11) is 0. The second-order valence-corrected chi connectivity index (χ2v) is 5.97. The van der Waals surface area contributed by atoms with Crippen LogP contribution in [0.2, 0.25) is 0 Å². The minimum Gasteiger partial charge on any atom is -0.389 e. The predicted molar refractivity (Wildman–Crippen MR) is 70.3 cm³/mol. The molecule has 0 heterocycles. The molecule has 0 bridgehead atoms. The topological polar surface area (TPSA) is 58.3 Å². The molecule has 0 rings (SSSR count). The fraction of sp³-hybridized carbons (Fsp3) is 1.00. The highest BCUT2D eigenvalue weighted by atomic mass is 16.3. The largest absolute Gasteiger partial charge is 0.389 e. The molecule has 16 heavy (non-hydrogen) atoms. The van der Waals surface area contributed by atoms with Gasteiger partial charge < -0.3 is 16.2 Å². The third-order valence-electron chi connectivity index (χ3n) is 3.01. The first kappa shape index (κ1) is 15.9. The van der Waals surface area contributed by atoms with E-state index >= 15 is 0 Å². The van der Waals surface area contributed by atoms with Gasteiger partial charge in [-0.3, -0.25) is 0 Å². The third-order valence-corrected chi connectivity index (χ3v) is 3.01. The van der Waals surface area contributed by atoms with Gasteiger partial charge in [0.15, 0.2) is 0 Å². The van der Waals surface area contributed by atoms with Crippen molar-refractivity contribution in [2.24, 2.45) is 23.5 Å². The highest BCUT2D eigenvalue weighted by Gasteiger charge is 2.22. The van der Waals surface area contributed by atoms with Crippen LogP contribution < -0.4 is 11.1 Å². The van der Waals surface area contributed by atoms with Crippen LogP contribution in [-0.2, 0) is 0 Å². The van der Waals surface area contributed by atoms with Gasteiger partial charge in [0, 0.05) is 6.54 Å². The zero-order chi connectivity index (χ0) is 12.8. The Hall–Kier alpha value is -0.120. The lowest BCUT2D eigenvalue weighted by molar-refractivity contribution is 0.0374. The Morgan fingerprint density at radius 2 is 1.81 bits per heavy atom. The molecule has 0 radical (unpaired) electrons. The fourth-order valence-electron chi connectivity index (χ4n) is 2.07. The molecule has 0 saturated carbocycles. The molecule has 3 heteroatoms. The Labute approximate surface area is 101 Å². The number of nitrogens with one attached hydrogen (secondary N) is 1. The molecule has 0 saturated heterocycles. The molecule has 0 aliphatic carbocycles. The van der Waals surface area contributed by atoms with Crippen molar-refractivity contribution in [2.45, 2.75) is 46.6 Å². The summed E-state index contributed by atoms with van der Waals surface area (Å²) in [5, 5.41) is 13.4. The van der Waals surface area contributed by atoms with E-state index in [4.69, 9.17) is 5.73 Å². The van der Waals surface area contributed by atoms with E-state index in [0.29, 0.717) is 30.8 Å². The van der Waals surface area contributed by atoms with Gasteiger partial charge in [0.1, 0.15) is 0 Å². The van der Waals surface area contributed by atoms with Crippen molar-refractivity contribution in [1.29, 1.82) is 0 Å². The van der Waals surface area contributed by atoms with Crippen LogP contribution in [-0.4, -0.2) is 30.3 Å². The molecule has 0 aliphatic heterocycles. The maximum atomic E-state index is 10.1. The van der Waals surface area contributed by atoms with Gasteiger partial charge in [-0.15, -0.1) is 0 Å². The molecule has 0 aromatic heterocycles. The highest BCUT2D eigenvalue weighted by Crippen LogP contribution is 2.15. The minimum absolute atomic E-state index is 0.495. The Balaban J connectivity index is 3.87. The van der Waals surface area contributed by atoms with Crippen LogP contribution in [0.1, 0.15) is 41.0 Å². The van der Waals surface area contributed by atoms with Crippen LogP contribution >= 0.6 is 0 Å². The number of hydrogen-bond acceptors (Lipinski definition) is 3. The van der Waals surface area contributed by atoms with Crippen molar-refractivity contribution in [2.75, 3.05) is 19.6 Å². The summed E-state index contributed by atoms with van der Waals surface area (Å²) in [5.74, 6) is 1.61.